The Morgan fingerprint density at radius 2 is 1.00 bits per heavy atom. The summed E-state index contributed by atoms with van der Waals surface area (Å²) in [6.07, 6.45) is 0.158. The van der Waals surface area contributed by atoms with Crippen LogP contribution >= 0.6 is 0 Å². The van der Waals surface area contributed by atoms with Crippen molar-refractivity contribution in [3.05, 3.63) is 71.8 Å². The summed E-state index contributed by atoms with van der Waals surface area (Å²) in [5.74, 6) is 0. The second-order valence-corrected chi connectivity index (χ2v) is 6.83. The molecule has 0 aliphatic carbocycles. The zero-order valence-corrected chi connectivity index (χ0v) is 17.5. The Balaban J connectivity index is 0.00000338. The summed E-state index contributed by atoms with van der Waals surface area (Å²) in [5, 5.41) is 25.1. The zero-order valence-electron chi connectivity index (χ0n) is 16.0. The predicted molar refractivity (Wildman–Crippen MR) is 99.9 cm³/mol. The number of benzene rings is 2. The number of nitrogens with two attached hydrogens (primary N) is 2. The lowest BCUT2D eigenvalue weighted by Crippen LogP contribution is -3.00. The molecule has 0 bridgehead atoms. The van der Waals surface area contributed by atoms with Gasteiger partial charge in [0.2, 0.25) is 0 Å². The molecular formula is C21H32Cl2N2O2. The van der Waals surface area contributed by atoms with E-state index in [0.29, 0.717) is 0 Å². The number of aliphatic hydroxyl groups excluding tert-OH is 2. The lowest BCUT2D eigenvalue weighted by molar-refractivity contribution is -0.718. The third-order valence-electron chi connectivity index (χ3n) is 4.76. The van der Waals surface area contributed by atoms with Crippen molar-refractivity contribution in [2.24, 2.45) is 0 Å². The third-order valence-corrected chi connectivity index (χ3v) is 4.76. The minimum absolute atomic E-state index is 0. The SMILES string of the molecule is CC([NH2+]CCC[NH2+]C(C)C(O)c1ccccc1)C(O)c1ccccc1.[Cl-].[Cl-]. The minimum Gasteiger partial charge on any atom is -1.00 e. The van der Waals surface area contributed by atoms with Crippen LogP contribution in [0.1, 0.15) is 43.6 Å². The van der Waals surface area contributed by atoms with E-state index >= 15 is 0 Å². The molecule has 27 heavy (non-hydrogen) atoms. The van der Waals surface area contributed by atoms with Gasteiger partial charge < -0.3 is 45.7 Å². The van der Waals surface area contributed by atoms with Crippen LogP contribution in [0.2, 0.25) is 0 Å². The van der Waals surface area contributed by atoms with Crippen LogP contribution < -0.4 is 35.4 Å². The molecule has 0 saturated heterocycles. The van der Waals surface area contributed by atoms with Crippen LogP contribution in [0.3, 0.4) is 0 Å². The van der Waals surface area contributed by atoms with Crippen LogP contribution in [0.5, 0.6) is 0 Å². The molecule has 0 aromatic heterocycles. The molecule has 0 aliphatic rings. The highest BCUT2D eigenvalue weighted by atomic mass is 35.5. The molecule has 4 atom stereocenters. The van der Waals surface area contributed by atoms with Gasteiger partial charge in [0, 0.05) is 6.42 Å². The van der Waals surface area contributed by atoms with Gasteiger partial charge in [-0.2, -0.15) is 0 Å². The van der Waals surface area contributed by atoms with Crippen molar-refractivity contribution in [1.82, 2.24) is 0 Å². The second kappa shape index (κ2) is 13.9. The first-order chi connectivity index (χ1) is 12.1. The number of hydrogen-bond acceptors (Lipinski definition) is 2. The van der Waals surface area contributed by atoms with Crippen LogP contribution in [0.15, 0.2) is 60.7 Å². The number of quaternary nitrogens is 2. The number of hydrogen-bond donors (Lipinski definition) is 4. The van der Waals surface area contributed by atoms with E-state index in [9.17, 15) is 10.2 Å². The van der Waals surface area contributed by atoms with E-state index in [4.69, 9.17) is 0 Å². The molecule has 6 N–H and O–H groups in total. The highest BCUT2D eigenvalue weighted by Gasteiger charge is 2.20. The molecule has 2 aromatic carbocycles. The average Bonchev–Trinajstić information content (AvgIpc) is 2.67. The number of aliphatic hydroxyl groups is 2. The standard InChI is InChI=1S/C21H30N2O2.2ClH/c1-16(20(24)18-10-5-3-6-11-18)22-14-9-15-23-17(2)21(25)19-12-7-4-8-13-19;;/h3-8,10-13,16-17,20-25H,9,14-15H2,1-2H3;2*1H. The maximum Gasteiger partial charge on any atom is 0.130 e. The zero-order chi connectivity index (χ0) is 18.1. The summed E-state index contributed by atoms with van der Waals surface area (Å²) < 4.78 is 0. The molecular weight excluding hydrogens is 383 g/mol. The Labute approximate surface area is 175 Å². The maximum atomic E-state index is 10.4. The molecule has 6 heteroatoms. The molecule has 2 aromatic rings. The summed E-state index contributed by atoms with van der Waals surface area (Å²) in [6.45, 7) is 6.05. The summed E-state index contributed by atoms with van der Waals surface area (Å²) in [4.78, 5) is 0. The van der Waals surface area contributed by atoms with Gasteiger partial charge >= 0.3 is 0 Å². The van der Waals surface area contributed by atoms with E-state index in [0.717, 1.165) is 30.6 Å². The van der Waals surface area contributed by atoms with E-state index in [2.05, 4.69) is 24.5 Å². The lowest BCUT2D eigenvalue weighted by Gasteiger charge is -2.19. The van der Waals surface area contributed by atoms with Crippen molar-refractivity contribution >= 4 is 0 Å². The van der Waals surface area contributed by atoms with Crippen LogP contribution in [-0.4, -0.2) is 35.4 Å². The Bertz CT molecular complexity index is 548. The molecule has 0 saturated carbocycles. The van der Waals surface area contributed by atoms with E-state index < -0.39 is 12.2 Å². The van der Waals surface area contributed by atoms with Gasteiger partial charge in [-0.1, -0.05) is 60.7 Å². The molecule has 0 heterocycles. The predicted octanol–water partition coefficient (Wildman–Crippen LogP) is -5.24. The van der Waals surface area contributed by atoms with E-state index in [1.54, 1.807) is 0 Å². The van der Waals surface area contributed by atoms with E-state index in [1.807, 2.05) is 60.7 Å². The van der Waals surface area contributed by atoms with Gasteiger partial charge in [-0.3, -0.25) is 0 Å². The molecule has 0 fully saturated rings. The summed E-state index contributed by atoms with van der Waals surface area (Å²) >= 11 is 0. The quantitative estimate of drug-likeness (QED) is 0.293. The van der Waals surface area contributed by atoms with Crippen LogP contribution in [0.25, 0.3) is 0 Å². The van der Waals surface area contributed by atoms with Crippen molar-refractivity contribution in [3.63, 3.8) is 0 Å². The second-order valence-electron chi connectivity index (χ2n) is 6.83. The van der Waals surface area contributed by atoms with E-state index in [1.165, 1.54) is 0 Å². The largest absolute Gasteiger partial charge is 1.00 e. The fourth-order valence-corrected chi connectivity index (χ4v) is 3.04. The molecule has 0 spiro atoms. The monoisotopic (exact) mass is 414 g/mol. The lowest BCUT2D eigenvalue weighted by atomic mass is 10.0. The van der Waals surface area contributed by atoms with E-state index in [-0.39, 0.29) is 36.9 Å². The molecule has 152 valence electrons. The maximum absolute atomic E-state index is 10.4. The first-order valence-electron chi connectivity index (χ1n) is 9.22. The number of halogens is 2. The topological polar surface area (TPSA) is 73.7 Å². The Morgan fingerprint density at radius 1 is 0.667 bits per heavy atom. The van der Waals surface area contributed by atoms with Crippen molar-refractivity contribution in [1.29, 1.82) is 0 Å². The summed E-state index contributed by atoms with van der Waals surface area (Å²) in [6, 6.07) is 19.9. The minimum atomic E-state index is -0.441. The van der Waals surface area contributed by atoms with Gasteiger partial charge in [-0.15, -0.1) is 0 Å². The molecule has 0 aliphatic heterocycles. The van der Waals surface area contributed by atoms with Gasteiger partial charge in [-0.05, 0) is 25.0 Å². The van der Waals surface area contributed by atoms with Crippen LogP contribution in [-0.2, 0) is 0 Å². The Morgan fingerprint density at radius 3 is 1.33 bits per heavy atom. The van der Waals surface area contributed by atoms with Crippen molar-refractivity contribution in [2.75, 3.05) is 13.1 Å². The fourth-order valence-electron chi connectivity index (χ4n) is 3.04. The smallest absolute Gasteiger partial charge is 0.130 e. The first-order valence-corrected chi connectivity index (χ1v) is 9.22. The highest BCUT2D eigenvalue weighted by molar-refractivity contribution is 5.18. The van der Waals surface area contributed by atoms with Crippen molar-refractivity contribution < 1.29 is 45.7 Å². The first kappa shape index (κ1) is 25.9. The Hall–Kier alpha value is -1.14. The molecule has 4 nitrogen and oxygen atoms in total. The summed E-state index contributed by atoms with van der Waals surface area (Å²) in [5.41, 5.74) is 1.94. The van der Waals surface area contributed by atoms with Gasteiger partial charge in [0.15, 0.2) is 0 Å². The van der Waals surface area contributed by atoms with Crippen molar-refractivity contribution in [3.8, 4) is 0 Å². The normalized spacial score (nSPS) is 15.0. The molecule has 0 radical (unpaired) electrons. The molecule has 0 amide bonds. The van der Waals surface area contributed by atoms with Crippen LogP contribution in [0, 0.1) is 0 Å². The van der Waals surface area contributed by atoms with Gasteiger partial charge in [0.25, 0.3) is 0 Å². The Kier molecular flexibility index (Phi) is 13.4. The fraction of sp³-hybridized carbons (Fsp3) is 0.429. The third kappa shape index (κ3) is 8.60. The van der Waals surface area contributed by atoms with Gasteiger partial charge in [0.05, 0.1) is 13.1 Å². The number of rotatable bonds is 10. The van der Waals surface area contributed by atoms with Crippen LogP contribution in [0.4, 0.5) is 0 Å². The summed E-state index contributed by atoms with van der Waals surface area (Å²) in [7, 11) is 0. The highest BCUT2D eigenvalue weighted by Crippen LogP contribution is 2.14. The molecule has 4 unspecified atom stereocenters. The molecule has 2 rings (SSSR count). The van der Waals surface area contributed by atoms with Gasteiger partial charge in [-0.25, -0.2) is 0 Å². The van der Waals surface area contributed by atoms with Gasteiger partial charge in [0.1, 0.15) is 24.3 Å². The van der Waals surface area contributed by atoms with Crippen molar-refractivity contribution in [2.45, 2.75) is 44.6 Å². The average molecular weight is 415 g/mol.